The van der Waals surface area contributed by atoms with Crippen LogP contribution in [0.2, 0.25) is 15.1 Å². The summed E-state index contributed by atoms with van der Waals surface area (Å²) in [4.78, 5) is 34.1. The Balaban J connectivity index is 2.53. The summed E-state index contributed by atoms with van der Waals surface area (Å²) in [6, 6.07) is 2.00. The highest BCUT2D eigenvalue weighted by atomic mass is 35.5. The van der Waals surface area contributed by atoms with E-state index in [1.807, 2.05) is 5.32 Å². The van der Waals surface area contributed by atoms with Gasteiger partial charge in [0.25, 0.3) is 5.91 Å². The molecule has 0 bridgehead atoms. The van der Waals surface area contributed by atoms with Gasteiger partial charge in [0.1, 0.15) is 5.75 Å². The van der Waals surface area contributed by atoms with Gasteiger partial charge >= 0.3 is 12.0 Å². The Morgan fingerprint density at radius 1 is 1.13 bits per heavy atom. The smallest absolute Gasteiger partial charge is 0.344 e. The third kappa shape index (κ3) is 6.13. The first kappa shape index (κ1) is 19.3. The van der Waals surface area contributed by atoms with Gasteiger partial charge in [-0.25, -0.2) is 9.59 Å². The maximum absolute atomic E-state index is 11.6. The van der Waals surface area contributed by atoms with Gasteiger partial charge in [-0.2, -0.15) is 0 Å². The summed E-state index contributed by atoms with van der Waals surface area (Å²) in [6.07, 6.45) is -1.17. The first-order chi connectivity index (χ1) is 10.7. The lowest BCUT2D eigenvalue weighted by atomic mass is 10.3. The summed E-state index contributed by atoms with van der Waals surface area (Å²) in [7, 11) is 1.34. The van der Waals surface area contributed by atoms with Crippen molar-refractivity contribution in [1.29, 1.82) is 0 Å². The molecule has 0 heterocycles. The van der Waals surface area contributed by atoms with Crippen molar-refractivity contribution in [3.63, 3.8) is 0 Å². The van der Waals surface area contributed by atoms with E-state index in [1.165, 1.54) is 26.1 Å². The molecule has 10 heteroatoms. The molecule has 0 aliphatic carbocycles. The van der Waals surface area contributed by atoms with E-state index in [2.05, 4.69) is 5.32 Å². The van der Waals surface area contributed by atoms with Crippen molar-refractivity contribution in [2.24, 2.45) is 0 Å². The molecule has 1 rings (SSSR count). The van der Waals surface area contributed by atoms with Crippen molar-refractivity contribution in [3.8, 4) is 5.75 Å². The second-order valence-electron chi connectivity index (χ2n) is 4.19. The van der Waals surface area contributed by atoms with E-state index in [0.717, 1.165) is 0 Å². The van der Waals surface area contributed by atoms with E-state index in [9.17, 15) is 14.4 Å². The number of carbonyl (C=O) groups excluding carboxylic acids is 3. The summed E-state index contributed by atoms with van der Waals surface area (Å²) >= 11 is 17.5. The molecule has 1 aromatic rings. The van der Waals surface area contributed by atoms with Crippen molar-refractivity contribution >= 4 is 52.7 Å². The van der Waals surface area contributed by atoms with Crippen LogP contribution in [-0.4, -0.2) is 37.7 Å². The minimum Gasteiger partial charge on any atom is -0.480 e. The lowest BCUT2D eigenvalue weighted by molar-refractivity contribution is -0.156. The van der Waals surface area contributed by atoms with Crippen molar-refractivity contribution in [1.82, 2.24) is 10.6 Å². The highest BCUT2D eigenvalue weighted by Gasteiger charge is 2.20. The van der Waals surface area contributed by atoms with Crippen LogP contribution in [0.5, 0.6) is 5.75 Å². The second-order valence-corrected chi connectivity index (χ2v) is 5.41. The van der Waals surface area contributed by atoms with Gasteiger partial charge in [0, 0.05) is 13.1 Å². The van der Waals surface area contributed by atoms with E-state index in [0.29, 0.717) is 0 Å². The van der Waals surface area contributed by atoms with Gasteiger partial charge in [-0.05, 0) is 13.0 Å². The van der Waals surface area contributed by atoms with Crippen molar-refractivity contribution in [3.05, 3.63) is 27.2 Å². The Bertz CT molecular complexity index is 624. The highest BCUT2D eigenvalue weighted by molar-refractivity contribution is 6.43. The minimum atomic E-state index is -1.17. The molecular weight excluding hydrogens is 371 g/mol. The molecule has 0 unspecified atom stereocenters. The normalized spacial score (nSPS) is 11.3. The van der Waals surface area contributed by atoms with Gasteiger partial charge in [0.05, 0.1) is 15.1 Å². The molecule has 0 radical (unpaired) electrons. The molecular formula is C13H13Cl3N2O5. The van der Waals surface area contributed by atoms with Gasteiger partial charge in [-0.15, -0.1) is 0 Å². The third-order valence-corrected chi connectivity index (χ3v) is 3.48. The van der Waals surface area contributed by atoms with Crippen molar-refractivity contribution < 1.29 is 23.9 Å². The first-order valence-corrected chi connectivity index (χ1v) is 7.37. The maximum atomic E-state index is 11.6. The van der Waals surface area contributed by atoms with E-state index >= 15 is 0 Å². The predicted molar refractivity (Wildman–Crippen MR) is 85.1 cm³/mol. The lowest BCUT2D eigenvalue weighted by Gasteiger charge is -2.13. The number of urea groups is 1. The summed E-state index contributed by atoms with van der Waals surface area (Å²) in [5, 5.41) is 4.78. The zero-order chi connectivity index (χ0) is 17.6. The van der Waals surface area contributed by atoms with Crippen LogP contribution in [-0.2, 0) is 14.3 Å². The monoisotopic (exact) mass is 382 g/mol. The fraction of sp³-hybridized carbons (Fsp3) is 0.308. The second kappa shape index (κ2) is 8.81. The molecule has 0 aliphatic heterocycles. The van der Waals surface area contributed by atoms with Crippen LogP contribution >= 0.6 is 34.8 Å². The molecule has 1 atom stereocenters. The summed E-state index contributed by atoms with van der Waals surface area (Å²) in [6.45, 7) is 0.803. The first-order valence-electron chi connectivity index (χ1n) is 6.24. The molecule has 0 saturated heterocycles. The number of ether oxygens (including phenoxy) is 2. The zero-order valence-electron chi connectivity index (χ0n) is 12.1. The molecule has 0 spiro atoms. The van der Waals surface area contributed by atoms with Crippen molar-refractivity contribution in [2.75, 3.05) is 13.7 Å². The number of imide groups is 1. The molecule has 0 fully saturated rings. The highest BCUT2D eigenvalue weighted by Crippen LogP contribution is 2.33. The number of hydrogen-bond donors (Lipinski definition) is 2. The fourth-order valence-electron chi connectivity index (χ4n) is 1.31. The summed E-state index contributed by atoms with van der Waals surface area (Å²) < 4.78 is 9.97. The Labute approximate surface area is 147 Å². The van der Waals surface area contributed by atoms with Crippen LogP contribution in [0.25, 0.3) is 0 Å². The summed E-state index contributed by atoms with van der Waals surface area (Å²) in [5.74, 6) is -1.46. The molecule has 3 amide bonds. The largest absolute Gasteiger partial charge is 0.480 e. The van der Waals surface area contributed by atoms with E-state index < -0.39 is 30.6 Å². The Kier molecular flexibility index (Phi) is 7.41. The van der Waals surface area contributed by atoms with Gasteiger partial charge in [0.2, 0.25) is 0 Å². The number of benzene rings is 1. The lowest BCUT2D eigenvalue weighted by Crippen LogP contribution is -2.43. The van der Waals surface area contributed by atoms with Gasteiger partial charge in [-0.3, -0.25) is 10.1 Å². The van der Waals surface area contributed by atoms with E-state index in [4.69, 9.17) is 44.3 Å². The SMILES string of the molecule is CNC(=O)NC(=O)[C@@H](C)OC(=O)COc1cc(Cl)c(Cl)cc1Cl. The number of nitrogens with one attached hydrogen (secondary N) is 2. The van der Waals surface area contributed by atoms with Gasteiger partial charge in [0.15, 0.2) is 12.7 Å². The van der Waals surface area contributed by atoms with Gasteiger partial charge < -0.3 is 14.8 Å². The fourth-order valence-corrected chi connectivity index (χ4v) is 1.90. The number of hydrogen-bond acceptors (Lipinski definition) is 5. The van der Waals surface area contributed by atoms with Crippen LogP contribution in [0.1, 0.15) is 6.92 Å². The molecule has 23 heavy (non-hydrogen) atoms. The number of halogens is 3. The Morgan fingerprint density at radius 2 is 1.74 bits per heavy atom. The van der Waals surface area contributed by atoms with Crippen LogP contribution < -0.4 is 15.4 Å². The number of esters is 1. The van der Waals surface area contributed by atoms with Crippen molar-refractivity contribution in [2.45, 2.75) is 13.0 Å². The predicted octanol–water partition coefficient (Wildman–Crippen LogP) is 2.41. The number of carbonyl (C=O) groups is 3. The van der Waals surface area contributed by atoms with Crippen LogP contribution in [0.15, 0.2) is 12.1 Å². The molecule has 126 valence electrons. The van der Waals surface area contributed by atoms with E-state index in [1.54, 1.807) is 0 Å². The average molecular weight is 384 g/mol. The van der Waals surface area contributed by atoms with Crippen LogP contribution in [0, 0.1) is 0 Å². The average Bonchev–Trinajstić information content (AvgIpc) is 2.49. The number of amides is 3. The third-order valence-electron chi connectivity index (χ3n) is 2.46. The van der Waals surface area contributed by atoms with Crippen LogP contribution in [0.3, 0.4) is 0 Å². The minimum absolute atomic E-state index is 0.139. The molecule has 0 aliphatic rings. The Morgan fingerprint density at radius 3 is 2.35 bits per heavy atom. The maximum Gasteiger partial charge on any atom is 0.344 e. The van der Waals surface area contributed by atoms with Gasteiger partial charge in [-0.1, -0.05) is 34.8 Å². The molecule has 0 aromatic heterocycles. The molecule has 7 nitrogen and oxygen atoms in total. The number of rotatable bonds is 5. The molecule has 1 aromatic carbocycles. The standard InChI is InChI=1S/C13H13Cl3N2O5/c1-6(12(20)18-13(21)17-2)23-11(19)5-22-10-4-8(15)7(14)3-9(10)16/h3-4,6H,5H2,1-2H3,(H2,17,18,20,21)/t6-/m1/s1. The van der Waals surface area contributed by atoms with E-state index in [-0.39, 0.29) is 20.8 Å². The molecule has 0 saturated carbocycles. The zero-order valence-corrected chi connectivity index (χ0v) is 14.4. The van der Waals surface area contributed by atoms with Crippen LogP contribution in [0.4, 0.5) is 4.79 Å². The molecule has 2 N–H and O–H groups in total. The Hall–Kier alpha value is -1.70. The quantitative estimate of drug-likeness (QED) is 0.601. The summed E-state index contributed by atoms with van der Waals surface area (Å²) in [5.41, 5.74) is 0. The topological polar surface area (TPSA) is 93.7 Å².